The molecule has 2 aliphatic rings. The zero-order valence-corrected chi connectivity index (χ0v) is 18.7. The van der Waals surface area contributed by atoms with E-state index in [0.29, 0.717) is 24.3 Å². The van der Waals surface area contributed by atoms with E-state index in [1.807, 2.05) is 0 Å². The summed E-state index contributed by atoms with van der Waals surface area (Å²) in [6, 6.07) is 3.32. The number of amides is 4. The number of hydrogen-bond acceptors (Lipinski definition) is 8. The van der Waals surface area contributed by atoms with E-state index >= 15 is 0 Å². The molecule has 11 nitrogen and oxygen atoms in total. The Balaban J connectivity index is 1.48. The summed E-state index contributed by atoms with van der Waals surface area (Å²) in [5.74, 6) is -3.00. The Kier molecular flexibility index (Phi) is 7.52. The van der Waals surface area contributed by atoms with Crippen LogP contribution in [-0.2, 0) is 23.9 Å². The van der Waals surface area contributed by atoms with Gasteiger partial charge in [-0.3, -0.25) is 34.9 Å². The maximum absolute atomic E-state index is 12.6. The minimum Gasteiger partial charge on any atom is -0.493 e. The predicted molar refractivity (Wildman–Crippen MR) is 113 cm³/mol. The van der Waals surface area contributed by atoms with Gasteiger partial charge in [0.1, 0.15) is 6.04 Å². The lowest BCUT2D eigenvalue weighted by molar-refractivity contribution is -0.159. The number of fused-ring (bicyclic) bond motifs is 1. The third-order valence-electron chi connectivity index (χ3n) is 5.91. The average Bonchev–Trinajstić information content (AvgIpc) is 3.09. The highest BCUT2D eigenvalue weighted by Gasteiger charge is 2.51. The highest BCUT2D eigenvalue weighted by Crippen LogP contribution is 2.38. The molecule has 1 heterocycles. The number of carbonyl (C=O) groups excluding carboxylic acids is 5. The van der Waals surface area contributed by atoms with Crippen molar-refractivity contribution in [2.45, 2.75) is 38.6 Å². The third-order valence-corrected chi connectivity index (χ3v) is 5.91. The number of rotatable bonds is 7. The lowest BCUT2D eigenvalue weighted by atomic mass is 9.81. The van der Waals surface area contributed by atoms with Crippen LogP contribution in [0.3, 0.4) is 0 Å². The average molecular weight is 461 g/mol. The molecule has 178 valence electrons. The quantitative estimate of drug-likeness (QED) is 0.341. The summed E-state index contributed by atoms with van der Waals surface area (Å²) in [5.41, 5.74) is 4.53. The van der Waals surface area contributed by atoms with Crippen LogP contribution in [-0.4, -0.2) is 61.4 Å². The van der Waals surface area contributed by atoms with Crippen molar-refractivity contribution in [1.29, 1.82) is 0 Å². The van der Waals surface area contributed by atoms with E-state index in [2.05, 4.69) is 10.9 Å². The van der Waals surface area contributed by atoms with E-state index in [0.717, 1.165) is 17.7 Å². The van der Waals surface area contributed by atoms with Crippen LogP contribution >= 0.6 is 0 Å². The van der Waals surface area contributed by atoms with Crippen LogP contribution in [0.4, 0.5) is 0 Å². The lowest BCUT2D eigenvalue weighted by Crippen LogP contribution is -2.47. The molecule has 1 saturated heterocycles. The van der Waals surface area contributed by atoms with Crippen molar-refractivity contribution < 1.29 is 38.2 Å². The maximum atomic E-state index is 12.6. The normalized spacial score (nSPS) is 20.5. The molecule has 0 bridgehead atoms. The summed E-state index contributed by atoms with van der Waals surface area (Å²) in [4.78, 5) is 62.7. The molecule has 1 aliphatic carbocycles. The summed E-state index contributed by atoms with van der Waals surface area (Å²) in [7, 11) is 2.89. The van der Waals surface area contributed by atoms with Crippen LogP contribution in [0.25, 0.3) is 0 Å². The van der Waals surface area contributed by atoms with Gasteiger partial charge in [0.25, 0.3) is 11.8 Å². The van der Waals surface area contributed by atoms with Gasteiger partial charge in [-0.2, -0.15) is 0 Å². The van der Waals surface area contributed by atoms with Crippen molar-refractivity contribution in [1.82, 2.24) is 15.8 Å². The number of imide groups is 1. The topological polar surface area (TPSA) is 140 Å². The van der Waals surface area contributed by atoms with Crippen LogP contribution in [0.15, 0.2) is 18.2 Å². The monoisotopic (exact) mass is 461 g/mol. The first kappa shape index (κ1) is 24.0. The van der Waals surface area contributed by atoms with Crippen molar-refractivity contribution in [3.63, 3.8) is 0 Å². The fourth-order valence-electron chi connectivity index (χ4n) is 4.14. The number of methoxy groups -OCH3 is 2. The van der Waals surface area contributed by atoms with Crippen molar-refractivity contribution >= 4 is 29.6 Å². The SMILES string of the molecule is COc1ccc(C(=O)NNC(=O)COC(=O)C(C)N2C(=O)C3CCCCC3C2=O)cc1OC. The van der Waals surface area contributed by atoms with Crippen LogP contribution in [0.1, 0.15) is 43.0 Å². The molecule has 2 fully saturated rings. The van der Waals surface area contributed by atoms with Crippen molar-refractivity contribution in [3.8, 4) is 11.5 Å². The highest BCUT2D eigenvalue weighted by molar-refractivity contribution is 6.07. The number of nitrogens with one attached hydrogen (secondary N) is 2. The van der Waals surface area contributed by atoms with Gasteiger partial charge in [0.05, 0.1) is 26.1 Å². The molecule has 1 aliphatic heterocycles. The molecule has 3 rings (SSSR count). The Morgan fingerprint density at radius 1 is 1.00 bits per heavy atom. The van der Waals surface area contributed by atoms with Crippen molar-refractivity contribution in [2.75, 3.05) is 20.8 Å². The minimum atomic E-state index is -1.13. The molecular formula is C22H27N3O8. The second-order valence-electron chi connectivity index (χ2n) is 7.90. The number of hydrazine groups is 1. The van der Waals surface area contributed by atoms with Crippen LogP contribution in [0, 0.1) is 11.8 Å². The van der Waals surface area contributed by atoms with Crippen molar-refractivity contribution in [2.24, 2.45) is 11.8 Å². The van der Waals surface area contributed by atoms with Gasteiger partial charge in [-0.05, 0) is 38.0 Å². The van der Waals surface area contributed by atoms with E-state index in [-0.39, 0.29) is 29.2 Å². The number of likely N-dealkylation sites (tertiary alicyclic amines) is 1. The summed E-state index contributed by atoms with van der Waals surface area (Å²) >= 11 is 0. The Bertz CT molecular complexity index is 939. The Morgan fingerprint density at radius 2 is 1.61 bits per heavy atom. The van der Waals surface area contributed by atoms with Gasteiger partial charge in [0, 0.05) is 5.56 Å². The van der Waals surface area contributed by atoms with Gasteiger partial charge in [-0.15, -0.1) is 0 Å². The molecule has 1 saturated carbocycles. The number of benzene rings is 1. The van der Waals surface area contributed by atoms with E-state index in [1.54, 1.807) is 0 Å². The Labute approximate surface area is 190 Å². The smallest absolute Gasteiger partial charge is 0.329 e. The van der Waals surface area contributed by atoms with Crippen LogP contribution < -0.4 is 20.3 Å². The predicted octanol–water partition coefficient (Wildman–Crippen LogP) is 0.572. The third kappa shape index (κ3) is 5.07. The Hall–Kier alpha value is -3.63. The molecule has 1 aromatic carbocycles. The summed E-state index contributed by atoms with van der Waals surface area (Å²) in [6.45, 7) is 0.699. The lowest BCUT2D eigenvalue weighted by Gasteiger charge is -2.21. The molecule has 2 N–H and O–H groups in total. The molecule has 1 aromatic rings. The zero-order chi connectivity index (χ0) is 24.1. The summed E-state index contributed by atoms with van der Waals surface area (Å²) < 4.78 is 15.2. The molecular weight excluding hydrogens is 434 g/mol. The van der Waals surface area contributed by atoms with Crippen molar-refractivity contribution in [3.05, 3.63) is 23.8 Å². The first-order valence-electron chi connectivity index (χ1n) is 10.6. The largest absolute Gasteiger partial charge is 0.493 e. The fourth-order valence-corrected chi connectivity index (χ4v) is 4.14. The molecule has 0 aromatic heterocycles. The Morgan fingerprint density at radius 3 is 2.18 bits per heavy atom. The van der Waals surface area contributed by atoms with Crippen LogP contribution in [0.2, 0.25) is 0 Å². The minimum absolute atomic E-state index is 0.200. The molecule has 3 atom stereocenters. The second kappa shape index (κ2) is 10.3. The molecule has 33 heavy (non-hydrogen) atoms. The number of carbonyl (C=O) groups is 5. The molecule has 0 spiro atoms. The molecule has 11 heteroatoms. The van der Waals surface area contributed by atoms with E-state index in [9.17, 15) is 24.0 Å². The van der Waals surface area contributed by atoms with E-state index in [1.165, 1.54) is 39.3 Å². The van der Waals surface area contributed by atoms with E-state index < -0.39 is 30.4 Å². The first-order chi connectivity index (χ1) is 15.8. The number of hydrogen-bond donors (Lipinski definition) is 2. The first-order valence-corrected chi connectivity index (χ1v) is 10.6. The maximum Gasteiger partial charge on any atom is 0.329 e. The number of ether oxygens (including phenoxy) is 3. The standard InChI is InChI=1S/C22H27N3O8/c1-12(25-20(28)14-6-4-5-7-15(14)21(25)29)22(30)33-11-18(26)23-24-19(27)13-8-9-16(31-2)17(10-13)32-3/h8-10,12,14-15H,4-7,11H2,1-3H3,(H,23,26)(H,24,27). The fraction of sp³-hybridized carbons (Fsp3) is 0.500. The zero-order valence-electron chi connectivity index (χ0n) is 18.7. The van der Waals surface area contributed by atoms with Gasteiger partial charge < -0.3 is 14.2 Å². The second-order valence-corrected chi connectivity index (χ2v) is 7.90. The molecule has 0 radical (unpaired) electrons. The van der Waals surface area contributed by atoms with Gasteiger partial charge >= 0.3 is 5.97 Å². The van der Waals surface area contributed by atoms with Crippen LogP contribution in [0.5, 0.6) is 11.5 Å². The van der Waals surface area contributed by atoms with Gasteiger partial charge in [-0.1, -0.05) is 12.8 Å². The van der Waals surface area contributed by atoms with E-state index in [4.69, 9.17) is 14.2 Å². The summed E-state index contributed by atoms with van der Waals surface area (Å²) in [5, 5.41) is 0. The number of nitrogens with zero attached hydrogens (tertiary/aromatic N) is 1. The summed E-state index contributed by atoms with van der Waals surface area (Å²) in [6.07, 6.45) is 3.02. The molecule has 3 unspecified atom stereocenters. The van der Waals surface area contributed by atoms with Gasteiger partial charge in [0.15, 0.2) is 18.1 Å². The molecule has 4 amide bonds. The number of esters is 1. The van der Waals surface area contributed by atoms with Gasteiger partial charge in [-0.25, -0.2) is 4.79 Å². The highest BCUT2D eigenvalue weighted by atomic mass is 16.5. The van der Waals surface area contributed by atoms with Gasteiger partial charge in [0.2, 0.25) is 11.8 Å².